The summed E-state index contributed by atoms with van der Waals surface area (Å²) in [6.45, 7) is 0. The van der Waals surface area contributed by atoms with Crippen molar-refractivity contribution in [3.05, 3.63) is 61.0 Å². The number of hydrogen-bond donors (Lipinski definition) is 0. The Morgan fingerprint density at radius 3 is 1.67 bits per heavy atom. The Bertz CT molecular complexity index is 774. The molecule has 0 aliphatic heterocycles. The summed E-state index contributed by atoms with van der Waals surface area (Å²) >= 11 is 10.5. The lowest BCUT2D eigenvalue weighted by Gasteiger charge is -2.08. The fraction of sp³-hybridized carbons (Fsp3) is 0. The second-order valence-electron chi connectivity index (χ2n) is 4.29. The van der Waals surface area contributed by atoms with Crippen molar-refractivity contribution >= 4 is 56.8 Å². The Labute approximate surface area is 154 Å². The lowest BCUT2D eigenvalue weighted by molar-refractivity contribution is 0.982. The molecule has 0 bridgehead atoms. The van der Waals surface area contributed by atoms with Crippen LogP contribution in [0.1, 0.15) is 0 Å². The average Bonchev–Trinajstić information content (AvgIpc) is 2.49. The van der Waals surface area contributed by atoms with Crippen molar-refractivity contribution in [3.8, 4) is 22.5 Å². The number of nitrogens with zero attached hydrogens (tertiary/aromatic N) is 3. The molecule has 3 nitrogen and oxygen atoms in total. The average molecular weight is 520 g/mol. The van der Waals surface area contributed by atoms with Crippen LogP contribution in [0.2, 0.25) is 5.28 Å². The van der Waals surface area contributed by atoms with Gasteiger partial charge in [-0.3, -0.25) is 0 Å². The number of rotatable bonds is 2. The molecule has 0 atom stereocenters. The van der Waals surface area contributed by atoms with Crippen LogP contribution in [0.3, 0.4) is 0 Å². The van der Waals surface area contributed by atoms with Gasteiger partial charge in [0.2, 0.25) is 5.28 Å². The van der Waals surface area contributed by atoms with Crippen molar-refractivity contribution in [2.45, 2.75) is 0 Å². The van der Waals surface area contributed by atoms with Gasteiger partial charge >= 0.3 is 0 Å². The summed E-state index contributed by atoms with van der Waals surface area (Å²) in [5, 5.41) is 8.26. The summed E-state index contributed by atoms with van der Waals surface area (Å²) in [4.78, 5) is 4.36. The first-order valence-electron chi connectivity index (χ1n) is 6.05. The zero-order valence-electron chi connectivity index (χ0n) is 10.6. The predicted octanol–water partition coefficient (Wildman–Crippen LogP) is 5.07. The van der Waals surface area contributed by atoms with E-state index in [1.165, 1.54) is 7.14 Å². The van der Waals surface area contributed by atoms with Gasteiger partial charge in [0.25, 0.3) is 0 Å². The fourth-order valence-corrected chi connectivity index (χ4v) is 2.76. The molecule has 1 aromatic heterocycles. The molecule has 6 heteroatoms. The highest BCUT2D eigenvalue weighted by atomic mass is 127. The number of hydrogen-bond acceptors (Lipinski definition) is 3. The van der Waals surface area contributed by atoms with Gasteiger partial charge in [-0.05, 0) is 81.0 Å². The van der Waals surface area contributed by atoms with Crippen molar-refractivity contribution < 1.29 is 0 Å². The highest BCUT2D eigenvalue weighted by Crippen LogP contribution is 2.29. The second kappa shape index (κ2) is 6.53. The fourth-order valence-electron chi connectivity index (χ4n) is 1.92. The van der Waals surface area contributed by atoms with Crippen molar-refractivity contribution in [3.63, 3.8) is 0 Å². The Kier molecular flexibility index (Phi) is 4.70. The zero-order chi connectivity index (χ0) is 14.8. The summed E-state index contributed by atoms with van der Waals surface area (Å²) in [6.07, 6.45) is 0. The standard InChI is InChI=1S/C15H8ClI2N3/c16-15-19-13(9-1-5-11(17)6-2-9)14(20-21-15)10-3-7-12(18)8-4-10/h1-8H. The molecule has 0 spiro atoms. The van der Waals surface area contributed by atoms with Gasteiger partial charge in [0.15, 0.2) is 0 Å². The van der Waals surface area contributed by atoms with E-state index >= 15 is 0 Å². The summed E-state index contributed by atoms with van der Waals surface area (Å²) < 4.78 is 2.34. The highest BCUT2D eigenvalue weighted by Gasteiger charge is 2.12. The van der Waals surface area contributed by atoms with Gasteiger partial charge in [0.05, 0.1) is 0 Å². The van der Waals surface area contributed by atoms with E-state index in [4.69, 9.17) is 11.6 Å². The van der Waals surface area contributed by atoms with Gasteiger partial charge in [0, 0.05) is 18.3 Å². The Morgan fingerprint density at radius 1 is 0.667 bits per heavy atom. The molecular formula is C15H8ClI2N3. The van der Waals surface area contributed by atoms with Crippen LogP contribution in [0.4, 0.5) is 0 Å². The quantitative estimate of drug-likeness (QED) is 0.444. The minimum atomic E-state index is 0.151. The molecule has 104 valence electrons. The van der Waals surface area contributed by atoms with Crippen molar-refractivity contribution in [2.75, 3.05) is 0 Å². The lowest BCUT2D eigenvalue weighted by Crippen LogP contribution is -1.97. The zero-order valence-corrected chi connectivity index (χ0v) is 15.7. The molecule has 21 heavy (non-hydrogen) atoms. The number of halogens is 3. The SMILES string of the molecule is Clc1nnc(-c2ccc(I)cc2)c(-c2ccc(I)cc2)n1. The molecule has 0 aliphatic rings. The molecule has 0 saturated carbocycles. The largest absolute Gasteiger partial charge is 0.243 e. The maximum absolute atomic E-state index is 5.92. The van der Waals surface area contributed by atoms with E-state index in [0.29, 0.717) is 0 Å². The molecule has 0 fully saturated rings. The molecule has 3 rings (SSSR count). The molecule has 2 aromatic carbocycles. The Hall–Kier alpha value is -0.800. The second-order valence-corrected chi connectivity index (χ2v) is 7.12. The summed E-state index contributed by atoms with van der Waals surface area (Å²) in [5.74, 6) is 0. The highest BCUT2D eigenvalue weighted by molar-refractivity contribution is 14.1. The van der Waals surface area contributed by atoms with Gasteiger partial charge in [-0.1, -0.05) is 24.3 Å². The van der Waals surface area contributed by atoms with Crippen LogP contribution >= 0.6 is 56.8 Å². The predicted molar refractivity (Wildman–Crippen MR) is 101 cm³/mol. The van der Waals surface area contributed by atoms with Gasteiger partial charge in [-0.25, -0.2) is 4.98 Å². The first-order chi connectivity index (χ1) is 10.1. The molecular weight excluding hydrogens is 511 g/mol. The molecule has 0 saturated heterocycles. The lowest BCUT2D eigenvalue weighted by atomic mass is 10.0. The topological polar surface area (TPSA) is 38.7 Å². The molecule has 0 N–H and O–H groups in total. The van der Waals surface area contributed by atoms with E-state index in [9.17, 15) is 0 Å². The van der Waals surface area contributed by atoms with Gasteiger partial charge in [0.1, 0.15) is 11.4 Å². The molecule has 0 radical (unpaired) electrons. The van der Waals surface area contributed by atoms with Crippen LogP contribution in [0, 0.1) is 7.14 Å². The molecule has 0 aliphatic carbocycles. The van der Waals surface area contributed by atoms with E-state index in [1.807, 2.05) is 48.5 Å². The van der Waals surface area contributed by atoms with E-state index in [2.05, 4.69) is 60.4 Å². The number of aromatic nitrogens is 3. The minimum absolute atomic E-state index is 0.151. The van der Waals surface area contributed by atoms with Crippen LogP contribution in [0.25, 0.3) is 22.5 Å². The van der Waals surface area contributed by atoms with Gasteiger partial charge in [-0.15, -0.1) is 10.2 Å². The van der Waals surface area contributed by atoms with E-state index in [1.54, 1.807) is 0 Å². The maximum atomic E-state index is 5.92. The normalized spacial score (nSPS) is 10.6. The first-order valence-corrected chi connectivity index (χ1v) is 8.59. The minimum Gasteiger partial charge on any atom is -0.214 e. The molecule has 0 unspecified atom stereocenters. The third-order valence-electron chi connectivity index (χ3n) is 2.90. The monoisotopic (exact) mass is 519 g/mol. The number of benzene rings is 2. The van der Waals surface area contributed by atoms with Crippen LogP contribution in [-0.2, 0) is 0 Å². The van der Waals surface area contributed by atoms with E-state index in [-0.39, 0.29) is 5.28 Å². The third-order valence-corrected chi connectivity index (χ3v) is 4.49. The van der Waals surface area contributed by atoms with Crippen LogP contribution in [0.15, 0.2) is 48.5 Å². The summed E-state index contributed by atoms with van der Waals surface area (Å²) in [5.41, 5.74) is 3.42. The summed E-state index contributed by atoms with van der Waals surface area (Å²) in [6, 6.07) is 16.2. The maximum Gasteiger partial charge on any atom is 0.243 e. The van der Waals surface area contributed by atoms with Gasteiger partial charge in [-0.2, -0.15) is 0 Å². The first kappa shape index (κ1) is 15.1. The van der Waals surface area contributed by atoms with Crippen molar-refractivity contribution in [1.29, 1.82) is 0 Å². The Balaban J connectivity index is 2.17. The molecule has 0 amide bonds. The molecule has 1 heterocycles. The molecule has 3 aromatic rings. The van der Waals surface area contributed by atoms with Gasteiger partial charge < -0.3 is 0 Å². The summed E-state index contributed by atoms with van der Waals surface area (Å²) in [7, 11) is 0. The van der Waals surface area contributed by atoms with Crippen LogP contribution < -0.4 is 0 Å². The van der Waals surface area contributed by atoms with Crippen molar-refractivity contribution in [1.82, 2.24) is 15.2 Å². The van der Waals surface area contributed by atoms with E-state index in [0.717, 1.165) is 22.5 Å². The third kappa shape index (κ3) is 3.51. The Morgan fingerprint density at radius 2 is 1.14 bits per heavy atom. The van der Waals surface area contributed by atoms with Crippen LogP contribution in [0.5, 0.6) is 0 Å². The van der Waals surface area contributed by atoms with Crippen molar-refractivity contribution in [2.24, 2.45) is 0 Å². The van der Waals surface area contributed by atoms with Crippen LogP contribution in [-0.4, -0.2) is 15.2 Å². The van der Waals surface area contributed by atoms with E-state index < -0.39 is 0 Å². The smallest absolute Gasteiger partial charge is 0.214 e.